The monoisotopic (exact) mass is 925 g/mol. The van der Waals surface area contributed by atoms with Crippen molar-refractivity contribution in [1.29, 1.82) is 0 Å². The molecule has 0 fully saturated rings. The molecular weight excluding hydrogens is 861 g/mol. The minimum atomic E-state index is 0.902. The van der Waals surface area contributed by atoms with Crippen LogP contribution in [0.4, 0.5) is 51.2 Å². The largest absolute Gasteiger partial charge is 0.315 e. The van der Waals surface area contributed by atoms with Gasteiger partial charge in [0, 0.05) is 68.3 Å². The summed E-state index contributed by atoms with van der Waals surface area (Å²) in [7, 11) is 0. The van der Waals surface area contributed by atoms with Gasteiger partial charge in [0.05, 0.1) is 0 Å². The molecule has 0 saturated heterocycles. The lowest BCUT2D eigenvalue weighted by molar-refractivity contribution is 0.938. The maximum Gasteiger partial charge on any atom is 0.0463 e. The summed E-state index contributed by atoms with van der Waals surface area (Å²) in [6, 6.07) is 63.9. The fraction of sp³-hybridized carbons (Fsp3) is 0.134. The Morgan fingerprint density at radius 1 is 0.451 bits per heavy atom. The molecule has 0 aliphatic heterocycles. The zero-order valence-corrected chi connectivity index (χ0v) is 41.7. The number of nitrogens with zero attached hydrogens (tertiary/aromatic N) is 4. The maximum absolute atomic E-state index is 4.20. The van der Waals surface area contributed by atoms with Crippen LogP contribution in [0, 0.1) is 0 Å². The van der Waals surface area contributed by atoms with Gasteiger partial charge in [-0.05, 0) is 208 Å². The van der Waals surface area contributed by atoms with E-state index in [1.54, 1.807) is 6.08 Å². The first-order chi connectivity index (χ1) is 34.9. The van der Waals surface area contributed by atoms with Gasteiger partial charge in [0.2, 0.25) is 0 Å². The number of para-hydroxylation sites is 1. The highest BCUT2D eigenvalue weighted by Gasteiger charge is 2.20. The Kier molecular flexibility index (Phi) is 15.0. The predicted octanol–water partition coefficient (Wildman–Crippen LogP) is 19.6. The van der Waals surface area contributed by atoms with Crippen LogP contribution in [0.1, 0.15) is 70.9 Å². The molecule has 0 heterocycles. The summed E-state index contributed by atoms with van der Waals surface area (Å²) in [4.78, 5) is 9.41. The van der Waals surface area contributed by atoms with Crippen LogP contribution in [0.3, 0.4) is 0 Å². The zero-order valence-electron chi connectivity index (χ0n) is 41.7. The smallest absolute Gasteiger partial charge is 0.0463 e. The lowest BCUT2D eigenvalue weighted by Gasteiger charge is -2.31. The normalized spacial score (nSPS) is 13.5. The van der Waals surface area contributed by atoms with Crippen LogP contribution >= 0.6 is 0 Å². The molecule has 7 aromatic carbocycles. The molecule has 71 heavy (non-hydrogen) atoms. The van der Waals surface area contributed by atoms with E-state index in [-0.39, 0.29) is 0 Å². The molecule has 9 rings (SSSR count). The van der Waals surface area contributed by atoms with E-state index in [0.29, 0.717) is 0 Å². The zero-order chi connectivity index (χ0) is 49.1. The lowest BCUT2D eigenvalue weighted by Crippen LogP contribution is -2.21. The van der Waals surface area contributed by atoms with Gasteiger partial charge in [-0.1, -0.05) is 129 Å². The standard InChI is InChI=1S/C67H64N4/c1-7-50(5)52-26-34-60(35-27-52)70(66-44-42-64(43-45-66)68(56(9-3)10-4)57-20-14-11-15-21-57)62-38-30-54(31-39-62)55-32-40-63(41-33-55)71(61-36-28-53(29-37-61)51(6)8-2)67-48-46-65(47-49-67)69(58-22-16-12-17-23-58)59-24-18-13-19-25-59/h7-9,12,14,16-18,20-49H,1,5,10-11,13,15,19H2,2-4,6H3/b51-8+,56-9+. The summed E-state index contributed by atoms with van der Waals surface area (Å²) in [5.41, 5.74) is 20.3. The van der Waals surface area contributed by atoms with E-state index in [4.69, 9.17) is 0 Å². The predicted molar refractivity (Wildman–Crippen MR) is 308 cm³/mol. The Morgan fingerprint density at radius 2 is 0.845 bits per heavy atom. The van der Waals surface area contributed by atoms with Crippen molar-refractivity contribution >= 4 is 62.3 Å². The Balaban J connectivity index is 1.03. The Bertz CT molecular complexity index is 3130. The highest BCUT2D eigenvalue weighted by molar-refractivity contribution is 5.84. The second-order valence-electron chi connectivity index (χ2n) is 17.9. The van der Waals surface area contributed by atoms with Crippen molar-refractivity contribution in [2.24, 2.45) is 0 Å². The van der Waals surface area contributed by atoms with Gasteiger partial charge in [-0.3, -0.25) is 0 Å². The highest BCUT2D eigenvalue weighted by atomic mass is 15.2. The molecule has 0 bridgehead atoms. The van der Waals surface area contributed by atoms with Crippen molar-refractivity contribution in [3.63, 3.8) is 0 Å². The first-order valence-electron chi connectivity index (χ1n) is 25.1. The molecule has 0 N–H and O–H groups in total. The minimum absolute atomic E-state index is 0.902. The maximum atomic E-state index is 4.20. The van der Waals surface area contributed by atoms with E-state index >= 15 is 0 Å². The number of allylic oxidation sites excluding steroid dienone is 12. The molecule has 0 spiro atoms. The van der Waals surface area contributed by atoms with E-state index in [0.717, 1.165) is 106 Å². The molecule has 0 amide bonds. The van der Waals surface area contributed by atoms with Crippen LogP contribution in [-0.2, 0) is 0 Å². The summed E-state index contributed by atoms with van der Waals surface area (Å²) < 4.78 is 0. The third kappa shape index (κ3) is 10.6. The van der Waals surface area contributed by atoms with Crippen LogP contribution in [0.25, 0.3) is 22.3 Å². The number of anilines is 9. The van der Waals surface area contributed by atoms with E-state index in [2.05, 4.69) is 285 Å². The highest BCUT2D eigenvalue weighted by Crippen LogP contribution is 2.41. The Hall–Kier alpha value is -8.34. The molecule has 7 aromatic rings. The van der Waals surface area contributed by atoms with Crippen molar-refractivity contribution in [2.75, 3.05) is 19.6 Å². The van der Waals surface area contributed by atoms with E-state index in [9.17, 15) is 0 Å². The summed E-state index contributed by atoms with van der Waals surface area (Å²) >= 11 is 0. The second-order valence-corrected chi connectivity index (χ2v) is 17.9. The number of hydrogen-bond acceptors (Lipinski definition) is 4. The van der Waals surface area contributed by atoms with Gasteiger partial charge in [-0.25, -0.2) is 0 Å². The average molecular weight is 925 g/mol. The molecule has 0 atom stereocenters. The van der Waals surface area contributed by atoms with Crippen LogP contribution < -0.4 is 19.6 Å². The van der Waals surface area contributed by atoms with Crippen LogP contribution in [-0.4, -0.2) is 0 Å². The van der Waals surface area contributed by atoms with Gasteiger partial charge < -0.3 is 19.6 Å². The lowest BCUT2D eigenvalue weighted by atomic mass is 10.0. The quantitative estimate of drug-likeness (QED) is 0.0844. The summed E-state index contributed by atoms with van der Waals surface area (Å²) in [6.07, 6.45) is 25.1. The van der Waals surface area contributed by atoms with Crippen LogP contribution in [0.2, 0.25) is 0 Å². The number of hydrogen-bond donors (Lipinski definition) is 0. The van der Waals surface area contributed by atoms with Crippen molar-refractivity contribution in [1.82, 2.24) is 0 Å². The molecule has 4 nitrogen and oxygen atoms in total. The van der Waals surface area contributed by atoms with E-state index in [1.807, 2.05) is 0 Å². The molecule has 0 aromatic heterocycles. The van der Waals surface area contributed by atoms with Crippen molar-refractivity contribution in [3.8, 4) is 11.1 Å². The molecule has 0 unspecified atom stereocenters. The molecule has 352 valence electrons. The van der Waals surface area contributed by atoms with Crippen molar-refractivity contribution in [2.45, 2.75) is 59.8 Å². The Labute approximate surface area is 422 Å². The van der Waals surface area contributed by atoms with Gasteiger partial charge in [-0.15, -0.1) is 0 Å². The van der Waals surface area contributed by atoms with Gasteiger partial charge >= 0.3 is 0 Å². The van der Waals surface area contributed by atoms with Crippen LogP contribution in [0.15, 0.2) is 261 Å². The summed E-state index contributed by atoms with van der Waals surface area (Å²) in [6.45, 7) is 16.8. The van der Waals surface area contributed by atoms with Gasteiger partial charge in [0.1, 0.15) is 0 Å². The van der Waals surface area contributed by atoms with E-state index < -0.39 is 0 Å². The second kappa shape index (κ2) is 22.4. The van der Waals surface area contributed by atoms with Crippen molar-refractivity contribution in [3.05, 3.63) is 272 Å². The average Bonchev–Trinajstić information content (AvgIpc) is 3.44. The first kappa shape index (κ1) is 47.7. The van der Waals surface area contributed by atoms with Gasteiger partial charge in [0.15, 0.2) is 0 Å². The van der Waals surface area contributed by atoms with Crippen molar-refractivity contribution < 1.29 is 0 Å². The SMILES string of the molecule is C=CC(=C)c1ccc(N(c2ccc(-c3ccc(N(c4ccc(/C(C)=C/C)cc4)c4ccc(N(C5=CCCC=C5)c5ccccc5)cc4)cc3)cc2)c2ccc(N(C3=CCCC=C3)/C(=C/C)CC)cc2)cc1. The summed E-state index contributed by atoms with van der Waals surface area (Å²) in [5, 5.41) is 0. The van der Waals surface area contributed by atoms with Crippen LogP contribution in [0.5, 0.6) is 0 Å². The third-order valence-electron chi connectivity index (χ3n) is 13.5. The van der Waals surface area contributed by atoms with Gasteiger partial charge in [0.25, 0.3) is 0 Å². The first-order valence-corrected chi connectivity index (χ1v) is 25.1. The fourth-order valence-electron chi connectivity index (χ4n) is 9.51. The number of benzene rings is 7. The molecular formula is C67H64N4. The molecule has 2 aliphatic carbocycles. The Morgan fingerprint density at radius 3 is 1.25 bits per heavy atom. The van der Waals surface area contributed by atoms with E-state index in [1.165, 1.54) is 28.2 Å². The summed E-state index contributed by atoms with van der Waals surface area (Å²) in [5.74, 6) is 0. The third-order valence-corrected chi connectivity index (χ3v) is 13.5. The minimum Gasteiger partial charge on any atom is -0.315 e. The topological polar surface area (TPSA) is 13.0 Å². The number of rotatable bonds is 17. The van der Waals surface area contributed by atoms with Gasteiger partial charge in [-0.2, -0.15) is 0 Å². The molecule has 4 heteroatoms. The molecule has 0 saturated carbocycles. The molecule has 0 radical (unpaired) electrons. The molecule has 2 aliphatic rings. The fourth-order valence-corrected chi connectivity index (χ4v) is 9.51.